The molecular weight excluding hydrogens is 500 g/mol. The van der Waals surface area contributed by atoms with Crippen LogP contribution in [0.5, 0.6) is 0 Å². The minimum Gasteiger partial charge on any atom is -0.0616 e. The minimum absolute atomic E-state index is 0.0368. The zero-order valence-electron chi connectivity index (χ0n) is 20.5. The summed E-state index contributed by atoms with van der Waals surface area (Å²) in [5.74, 6) is 0. The van der Waals surface area contributed by atoms with E-state index in [-0.39, 0.29) is 5.41 Å². The first-order valence-corrected chi connectivity index (χ1v) is 13.7. The maximum Gasteiger partial charge on any atom is 0.0332 e. The first kappa shape index (κ1) is 20.7. The molecule has 0 aromatic heterocycles. The third-order valence-corrected chi connectivity index (χ3v) is 9.64. The van der Waals surface area contributed by atoms with E-state index < -0.39 is 0 Å². The molecule has 0 aliphatic heterocycles. The third-order valence-electron chi connectivity index (χ3n) is 8.78. The van der Waals surface area contributed by atoms with Gasteiger partial charge in [-0.05, 0) is 112 Å². The molecule has 0 spiro atoms. The van der Waals surface area contributed by atoms with Crippen LogP contribution in [0.4, 0.5) is 0 Å². The molecule has 0 bridgehead atoms. The highest BCUT2D eigenvalue weighted by atomic mass is 79.9. The van der Waals surface area contributed by atoms with Gasteiger partial charge < -0.3 is 0 Å². The number of aryl methyl sites for hydroxylation is 2. The Morgan fingerprint density at radius 3 is 1.94 bits per heavy atom. The van der Waals surface area contributed by atoms with Gasteiger partial charge in [0.25, 0.3) is 0 Å². The van der Waals surface area contributed by atoms with Gasteiger partial charge in [0.1, 0.15) is 0 Å². The van der Waals surface area contributed by atoms with Crippen LogP contribution < -0.4 is 0 Å². The molecular formula is C35H25Br. The van der Waals surface area contributed by atoms with Gasteiger partial charge in [0.15, 0.2) is 0 Å². The third kappa shape index (κ3) is 2.54. The highest BCUT2D eigenvalue weighted by Crippen LogP contribution is 2.54. The van der Waals surface area contributed by atoms with Crippen molar-refractivity contribution < 1.29 is 0 Å². The van der Waals surface area contributed by atoms with Crippen molar-refractivity contribution >= 4 is 48.2 Å². The Kier molecular flexibility index (Phi) is 4.08. The first-order valence-electron chi connectivity index (χ1n) is 12.9. The lowest BCUT2D eigenvalue weighted by Crippen LogP contribution is -2.15. The molecule has 1 heteroatoms. The quantitative estimate of drug-likeness (QED) is 0.187. The van der Waals surface area contributed by atoms with E-state index in [0.717, 1.165) is 6.42 Å². The van der Waals surface area contributed by atoms with Gasteiger partial charge in [0, 0.05) is 9.89 Å². The number of hydrogen-bond acceptors (Lipinski definition) is 0. The molecule has 2 aliphatic carbocycles. The van der Waals surface area contributed by atoms with Crippen molar-refractivity contribution in [3.8, 4) is 22.3 Å². The molecule has 0 nitrogen and oxygen atoms in total. The Labute approximate surface area is 219 Å². The second-order valence-electron chi connectivity index (χ2n) is 11.0. The van der Waals surface area contributed by atoms with Crippen molar-refractivity contribution in [3.63, 3.8) is 0 Å². The molecule has 8 rings (SSSR count). The molecule has 0 saturated carbocycles. The molecule has 6 aromatic carbocycles. The van der Waals surface area contributed by atoms with Crippen LogP contribution in [0, 0.1) is 0 Å². The van der Waals surface area contributed by atoms with Gasteiger partial charge in [-0.2, -0.15) is 0 Å². The van der Waals surface area contributed by atoms with Crippen LogP contribution >= 0.6 is 15.9 Å². The summed E-state index contributed by atoms with van der Waals surface area (Å²) < 4.78 is 1.18. The zero-order valence-corrected chi connectivity index (χ0v) is 22.0. The van der Waals surface area contributed by atoms with Crippen LogP contribution in [-0.2, 0) is 18.3 Å². The summed E-state index contributed by atoms with van der Waals surface area (Å²) in [6.45, 7) is 4.83. The van der Waals surface area contributed by atoms with Crippen LogP contribution in [-0.4, -0.2) is 0 Å². The summed E-state index contributed by atoms with van der Waals surface area (Å²) in [6.07, 6.45) is 2.34. The number of fused-ring (bicyclic) bond motifs is 6. The average molecular weight is 525 g/mol. The smallest absolute Gasteiger partial charge is 0.0332 e. The molecule has 0 N–H and O–H groups in total. The van der Waals surface area contributed by atoms with Crippen molar-refractivity contribution in [1.29, 1.82) is 0 Å². The average Bonchev–Trinajstić information content (AvgIpc) is 3.42. The molecule has 0 unspecified atom stereocenters. The molecule has 0 atom stereocenters. The lowest BCUT2D eigenvalue weighted by Gasteiger charge is -2.23. The normalized spacial score (nSPS) is 15.1. The summed E-state index contributed by atoms with van der Waals surface area (Å²) in [5.41, 5.74) is 11.4. The standard InChI is InChI=1S/C35H25Br/c1-35(2)29-18-22(32-23-9-3-5-11-25(23)34(36)26-12-6-4-10-24(26)32)16-17-27(29)33-28-13-7-8-20-14-15-21(31(20)28)19-30(33)35/h3-13,16-19H,14-15H2,1-2H3. The summed E-state index contributed by atoms with van der Waals surface area (Å²) in [5, 5.41) is 8.07. The molecule has 172 valence electrons. The van der Waals surface area contributed by atoms with E-state index in [1.807, 2.05) is 0 Å². The van der Waals surface area contributed by atoms with Gasteiger partial charge in [0.05, 0.1) is 0 Å². The van der Waals surface area contributed by atoms with E-state index in [0.29, 0.717) is 0 Å². The Morgan fingerprint density at radius 1 is 0.583 bits per heavy atom. The molecule has 0 saturated heterocycles. The fraction of sp³-hybridized carbons (Fsp3) is 0.143. The molecule has 2 aliphatic rings. The van der Waals surface area contributed by atoms with E-state index in [1.54, 1.807) is 0 Å². The van der Waals surface area contributed by atoms with Crippen LogP contribution in [0.15, 0.2) is 95.5 Å². The Morgan fingerprint density at radius 2 is 1.22 bits per heavy atom. The summed E-state index contributed by atoms with van der Waals surface area (Å²) in [7, 11) is 0. The van der Waals surface area contributed by atoms with Gasteiger partial charge >= 0.3 is 0 Å². The number of benzene rings is 6. The maximum absolute atomic E-state index is 3.92. The molecule has 6 aromatic rings. The van der Waals surface area contributed by atoms with E-state index in [1.165, 1.54) is 87.7 Å². The summed E-state index contributed by atoms with van der Waals surface area (Å²) in [4.78, 5) is 0. The van der Waals surface area contributed by atoms with E-state index in [2.05, 4.69) is 121 Å². The van der Waals surface area contributed by atoms with Crippen molar-refractivity contribution in [3.05, 3.63) is 118 Å². The van der Waals surface area contributed by atoms with Crippen LogP contribution in [0.25, 0.3) is 54.6 Å². The van der Waals surface area contributed by atoms with Crippen LogP contribution in [0.2, 0.25) is 0 Å². The molecule has 0 heterocycles. The number of rotatable bonds is 1. The molecule has 0 amide bonds. The van der Waals surface area contributed by atoms with Crippen molar-refractivity contribution in [1.82, 2.24) is 0 Å². The monoisotopic (exact) mass is 524 g/mol. The maximum atomic E-state index is 3.92. The largest absolute Gasteiger partial charge is 0.0616 e. The Hall–Kier alpha value is -3.42. The van der Waals surface area contributed by atoms with E-state index in [4.69, 9.17) is 0 Å². The van der Waals surface area contributed by atoms with E-state index >= 15 is 0 Å². The second kappa shape index (κ2) is 7.08. The summed E-state index contributed by atoms with van der Waals surface area (Å²) in [6, 6.07) is 34.3. The molecule has 0 fully saturated rings. The summed E-state index contributed by atoms with van der Waals surface area (Å²) >= 11 is 3.92. The first-order chi connectivity index (χ1) is 17.5. The van der Waals surface area contributed by atoms with Crippen molar-refractivity contribution in [2.45, 2.75) is 32.1 Å². The topological polar surface area (TPSA) is 0 Å². The second-order valence-corrected chi connectivity index (χ2v) is 11.8. The van der Waals surface area contributed by atoms with Gasteiger partial charge in [0.2, 0.25) is 0 Å². The van der Waals surface area contributed by atoms with Gasteiger partial charge in [-0.3, -0.25) is 0 Å². The van der Waals surface area contributed by atoms with Gasteiger partial charge in [-0.15, -0.1) is 0 Å². The molecule has 0 radical (unpaired) electrons. The highest BCUT2D eigenvalue weighted by Gasteiger charge is 2.38. The fourth-order valence-electron chi connectivity index (χ4n) is 7.08. The number of halogens is 1. The zero-order chi connectivity index (χ0) is 24.2. The lowest BCUT2D eigenvalue weighted by atomic mass is 9.80. The van der Waals surface area contributed by atoms with Crippen molar-refractivity contribution in [2.24, 2.45) is 0 Å². The van der Waals surface area contributed by atoms with Gasteiger partial charge in [-0.25, -0.2) is 0 Å². The van der Waals surface area contributed by atoms with E-state index in [9.17, 15) is 0 Å². The Bertz CT molecular complexity index is 1870. The Balaban J connectivity index is 1.45. The fourth-order valence-corrected chi connectivity index (χ4v) is 7.77. The van der Waals surface area contributed by atoms with Crippen molar-refractivity contribution in [2.75, 3.05) is 0 Å². The molecule has 36 heavy (non-hydrogen) atoms. The number of hydrogen-bond donors (Lipinski definition) is 0. The lowest BCUT2D eigenvalue weighted by molar-refractivity contribution is 0.660. The minimum atomic E-state index is -0.0368. The highest BCUT2D eigenvalue weighted by molar-refractivity contribution is 9.10. The van der Waals surface area contributed by atoms with Crippen LogP contribution in [0.3, 0.4) is 0 Å². The predicted molar refractivity (Wildman–Crippen MR) is 157 cm³/mol. The SMILES string of the molecule is CC1(C)c2cc(-c3c4ccccc4c(Br)c4ccccc34)ccc2-c2c1cc1c3c(cccc23)CC1. The van der Waals surface area contributed by atoms with Gasteiger partial charge in [-0.1, -0.05) is 98.8 Å². The predicted octanol–water partition coefficient (Wildman–Crippen LogP) is 9.98. The van der Waals surface area contributed by atoms with Crippen LogP contribution in [0.1, 0.15) is 36.1 Å².